The highest BCUT2D eigenvalue weighted by Gasteiger charge is 2.38. The van der Waals surface area contributed by atoms with Crippen LogP contribution < -0.4 is 10.1 Å². The second-order valence-electron chi connectivity index (χ2n) is 7.57. The lowest BCUT2D eigenvalue weighted by Gasteiger charge is -2.29. The fourth-order valence-electron chi connectivity index (χ4n) is 2.85. The minimum absolute atomic E-state index is 0.00344. The summed E-state index contributed by atoms with van der Waals surface area (Å²) in [6.45, 7) is 3.97. The van der Waals surface area contributed by atoms with Crippen LogP contribution in [0.5, 0.6) is 5.75 Å². The zero-order valence-corrected chi connectivity index (χ0v) is 20.2. The second-order valence-corrected chi connectivity index (χ2v) is 9.50. The molecule has 1 aliphatic heterocycles. The number of likely N-dealkylation sites (N-methyl/N-ethyl adjacent to an activating group) is 1. The molecule has 194 valence electrons. The molecule has 1 fully saturated rings. The van der Waals surface area contributed by atoms with Crippen LogP contribution in [0.25, 0.3) is 0 Å². The zero-order chi connectivity index (χ0) is 25.9. The van der Waals surface area contributed by atoms with E-state index in [-0.39, 0.29) is 23.8 Å². The average molecular weight is 513 g/mol. The van der Waals surface area contributed by atoms with Crippen molar-refractivity contribution in [2.45, 2.75) is 17.5 Å². The number of hydrogen-bond acceptors (Lipinski definition) is 7. The van der Waals surface area contributed by atoms with E-state index >= 15 is 0 Å². The average Bonchev–Trinajstić information content (AvgIpc) is 2.78. The Balaban J connectivity index is 0.000000718. The minimum atomic E-state index is -5.08. The highest BCUT2D eigenvalue weighted by molar-refractivity contribution is 7.89. The molecule has 0 unspecified atom stereocenters. The fourth-order valence-corrected chi connectivity index (χ4v) is 4.28. The third-order valence-electron chi connectivity index (χ3n) is 4.78. The maximum atomic E-state index is 13.1. The number of alkyl halides is 3. The zero-order valence-electron chi connectivity index (χ0n) is 19.3. The predicted octanol–water partition coefficient (Wildman–Crippen LogP) is 0.703. The molecule has 0 aromatic heterocycles. The lowest BCUT2D eigenvalue weighted by atomic mass is 10.3. The Morgan fingerprint density at radius 2 is 1.62 bits per heavy atom. The van der Waals surface area contributed by atoms with E-state index in [2.05, 4.69) is 5.32 Å². The van der Waals surface area contributed by atoms with Gasteiger partial charge < -0.3 is 25.0 Å². The highest BCUT2D eigenvalue weighted by atomic mass is 32.2. The predicted molar refractivity (Wildman–Crippen MR) is 118 cm³/mol. The lowest BCUT2D eigenvalue weighted by molar-refractivity contribution is -0.192. The molecule has 34 heavy (non-hydrogen) atoms. The first-order valence-corrected chi connectivity index (χ1v) is 11.8. The molecule has 14 heteroatoms. The number of ether oxygens (including phenoxy) is 1. The van der Waals surface area contributed by atoms with E-state index in [0.29, 0.717) is 31.9 Å². The molecule has 1 aliphatic rings. The van der Waals surface area contributed by atoms with Crippen molar-refractivity contribution in [3.05, 3.63) is 24.3 Å². The number of carboxylic acid groups (broad SMARTS) is 1. The van der Waals surface area contributed by atoms with Crippen LogP contribution in [0.4, 0.5) is 13.2 Å². The summed E-state index contributed by atoms with van der Waals surface area (Å²) in [5, 5.41) is 10.3. The quantitative estimate of drug-likeness (QED) is 0.497. The number of piperazine rings is 1. The van der Waals surface area contributed by atoms with Crippen LogP contribution in [0.1, 0.15) is 6.42 Å². The van der Waals surface area contributed by atoms with Gasteiger partial charge in [0, 0.05) is 52.2 Å². The first kappa shape index (κ1) is 29.6. The molecule has 0 bridgehead atoms. The fraction of sp³-hybridized carbons (Fsp3) is 0.600. The number of methoxy groups -OCH3 is 1. The normalized spacial score (nSPS) is 14.5. The van der Waals surface area contributed by atoms with Crippen LogP contribution >= 0.6 is 0 Å². The van der Waals surface area contributed by atoms with Gasteiger partial charge in [-0.05, 0) is 38.4 Å². The summed E-state index contributed by atoms with van der Waals surface area (Å²) >= 11 is 0. The van der Waals surface area contributed by atoms with Crippen molar-refractivity contribution in [1.82, 2.24) is 19.4 Å². The highest BCUT2D eigenvalue weighted by Crippen LogP contribution is 2.20. The van der Waals surface area contributed by atoms with E-state index in [1.807, 2.05) is 19.0 Å². The van der Waals surface area contributed by atoms with Crippen molar-refractivity contribution in [3.63, 3.8) is 0 Å². The van der Waals surface area contributed by atoms with Gasteiger partial charge >= 0.3 is 12.1 Å². The number of nitrogens with zero attached hydrogens (tertiary/aromatic N) is 3. The van der Waals surface area contributed by atoms with Gasteiger partial charge in [-0.3, -0.25) is 4.79 Å². The number of amides is 1. The van der Waals surface area contributed by atoms with Crippen molar-refractivity contribution in [1.29, 1.82) is 0 Å². The van der Waals surface area contributed by atoms with E-state index in [4.69, 9.17) is 14.6 Å². The maximum Gasteiger partial charge on any atom is 0.490 e. The van der Waals surface area contributed by atoms with E-state index in [0.717, 1.165) is 13.1 Å². The molecule has 2 rings (SSSR count). The summed E-state index contributed by atoms with van der Waals surface area (Å²) in [6, 6.07) is 6.33. The van der Waals surface area contributed by atoms with Gasteiger partial charge in [0.05, 0.1) is 12.0 Å². The molecule has 0 atom stereocenters. The summed E-state index contributed by atoms with van der Waals surface area (Å²) < 4.78 is 64.4. The lowest BCUT2D eigenvalue weighted by Crippen LogP contribution is -2.47. The molecule has 2 N–H and O–H groups in total. The molecule has 0 radical (unpaired) electrons. The Kier molecular flexibility index (Phi) is 11.7. The second kappa shape index (κ2) is 13.5. The summed E-state index contributed by atoms with van der Waals surface area (Å²) in [6.07, 6.45) is -4.90. The standard InChI is InChI=1S/C18H30N4O4S.C2HF3O2/c1-20(2)14-15-22(11-8-18(23)21-12-9-19-10-13-21)27(24,25)17-6-4-16(26-3)5-7-17;3-2(4,5)1(6)7/h4-7,19H,8-15H2,1-3H3;(H,6,7). The van der Waals surface area contributed by atoms with Gasteiger partial charge in [0.1, 0.15) is 5.75 Å². The van der Waals surface area contributed by atoms with Gasteiger partial charge in [0.15, 0.2) is 0 Å². The Morgan fingerprint density at radius 1 is 1.09 bits per heavy atom. The van der Waals surface area contributed by atoms with E-state index in [1.165, 1.54) is 23.5 Å². The Hall–Kier alpha value is -2.42. The first-order chi connectivity index (χ1) is 15.8. The minimum Gasteiger partial charge on any atom is -0.497 e. The molecular formula is C20H31F3N4O6S. The van der Waals surface area contributed by atoms with Gasteiger partial charge in [-0.25, -0.2) is 13.2 Å². The van der Waals surface area contributed by atoms with E-state index < -0.39 is 22.2 Å². The number of rotatable bonds is 9. The number of carbonyl (C=O) groups excluding carboxylic acids is 1. The molecule has 0 aliphatic carbocycles. The maximum absolute atomic E-state index is 13.1. The molecular weight excluding hydrogens is 481 g/mol. The van der Waals surface area contributed by atoms with Crippen LogP contribution in [0.3, 0.4) is 0 Å². The van der Waals surface area contributed by atoms with Gasteiger partial charge in [-0.2, -0.15) is 17.5 Å². The van der Waals surface area contributed by atoms with E-state index in [9.17, 15) is 26.4 Å². The molecule has 0 saturated carbocycles. The monoisotopic (exact) mass is 512 g/mol. The smallest absolute Gasteiger partial charge is 0.490 e. The van der Waals surface area contributed by atoms with Gasteiger partial charge in [-0.15, -0.1) is 0 Å². The number of halogens is 3. The number of carboxylic acids is 1. The van der Waals surface area contributed by atoms with Gasteiger partial charge in [-0.1, -0.05) is 0 Å². The van der Waals surface area contributed by atoms with Crippen molar-refractivity contribution < 1.29 is 41.0 Å². The number of hydrogen-bond donors (Lipinski definition) is 2. The third-order valence-corrected chi connectivity index (χ3v) is 6.69. The van der Waals surface area contributed by atoms with Crippen molar-refractivity contribution in [3.8, 4) is 5.75 Å². The molecule has 0 spiro atoms. The van der Waals surface area contributed by atoms with Crippen molar-refractivity contribution >= 4 is 21.9 Å². The number of sulfonamides is 1. The van der Waals surface area contributed by atoms with Crippen LogP contribution in [0.15, 0.2) is 29.2 Å². The van der Waals surface area contributed by atoms with Crippen molar-refractivity contribution in [2.24, 2.45) is 0 Å². The third kappa shape index (κ3) is 9.83. The summed E-state index contributed by atoms with van der Waals surface area (Å²) in [4.78, 5) is 25.3. The molecule has 1 amide bonds. The first-order valence-electron chi connectivity index (χ1n) is 10.4. The Bertz CT molecular complexity index is 889. The van der Waals surface area contributed by atoms with Crippen LogP contribution in [0.2, 0.25) is 0 Å². The number of benzene rings is 1. The molecule has 1 aromatic carbocycles. The van der Waals surface area contributed by atoms with Crippen LogP contribution in [-0.4, -0.2) is 113 Å². The van der Waals surface area contributed by atoms with Crippen molar-refractivity contribution in [2.75, 3.05) is 67.0 Å². The summed E-state index contributed by atoms with van der Waals surface area (Å²) in [5.41, 5.74) is 0. The number of aliphatic carboxylic acids is 1. The van der Waals surface area contributed by atoms with Crippen LogP contribution in [-0.2, 0) is 19.6 Å². The van der Waals surface area contributed by atoms with Gasteiger partial charge in [0.25, 0.3) is 0 Å². The van der Waals surface area contributed by atoms with E-state index in [1.54, 1.807) is 17.0 Å². The molecule has 1 saturated heterocycles. The molecule has 1 heterocycles. The molecule has 10 nitrogen and oxygen atoms in total. The largest absolute Gasteiger partial charge is 0.497 e. The topological polar surface area (TPSA) is 119 Å². The van der Waals surface area contributed by atoms with Crippen LogP contribution in [0, 0.1) is 0 Å². The Labute approximate surface area is 197 Å². The summed E-state index contributed by atoms with van der Waals surface area (Å²) in [5.74, 6) is -2.16. The summed E-state index contributed by atoms with van der Waals surface area (Å²) in [7, 11) is 1.64. The number of carbonyl (C=O) groups is 2. The Morgan fingerprint density at radius 3 is 2.06 bits per heavy atom. The SMILES string of the molecule is COc1ccc(S(=O)(=O)N(CCC(=O)N2CCNCC2)CCN(C)C)cc1.O=C(O)C(F)(F)F. The number of nitrogens with one attached hydrogen (secondary N) is 1. The molecule has 1 aromatic rings. The van der Waals surface area contributed by atoms with Gasteiger partial charge in [0.2, 0.25) is 15.9 Å².